The molecule has 4 nitrogen and oxygen atoms in total. The Kier molecular flexibility index (Phi) is 4.56. The topological polar surface area (TPSA) is 71.6 Å². The number of nitriles is 2. The fraction of sp³-hybridized carbons (Fsp3) is 0.556. The Hall–Kier alpha value is -1.88. The molecule has 0 saturated carbocycles. The zero-order chi connectivity index (χ0) is 16.4. The summed E-state index contributed by atoms with van der Waals surface area (Å²) in [5, 5.41) is 25.6. The van der Waals surface area contributed by atoms with Gasteiger partial charge in [0.1, 0.15) is 12.1 Å². The molecule has 0 aromatic heterocycles. The Morgan fingerprint density at radius 3 is 2.32 bits per heavy atom. The summed E-state index contributed by atoms with van der Waals surface area (Å²) in [7, 11) is 0. The quantitative estimate of drug-likeness (QED) is 0.899. The monoisotopic (exact) mass is 296 g/mol. The standard InChI is InChI=1S/C18H24N4/c1-17(2)8-15(9-18(3,4)22-17)21-12-14-7-5-6-13(10-19)16(14)11-20/h5-7,15,21-22H,8-9,12H2,1-4H3. The van der Waals surface area contributed by atoms with Crippen LogP contribution in [0.1, 0.15) is 57.2 Å². The Morgan fingerprint density at radius 2 is 1.77 bits per heavy atom. The number of benzene rings is 1. The highest BCUT2D eigenvalue weighted by Crippen LogP contribution is 2.28. The van der Waals surface area contributed by atoms with Gasteiger partial charge in [0.2, 0.25) is 0 Å². The maximum Gasteiger partial charge on any atom is 0.101 e. The summed E-state index contributed by atoms with van der Waals surface area (Å²) in [4.78, 5) is 0. The van der Waals surface area contributed by atoms with Crippen LogP contribution in [0.25, 0.3) is 0 Å². The smallest absolute Gasteiger partial charge is 0.101 e. The first-order valence-corrected chi connectivity index (χ1v) is 7.71. The Labute approximate surface area is 133 Å². The summed E-state index contributed by atoms with van der Waals surface area (Å²) in [6.07, 6.45) is 2.08. The van der Waals surface area contributed by atoms with Gasteiger partial charge in [-0.2, -0.15) is 10.5 Å². The largest absolute Gasteiger partial charge is 0.310 e. The molecule has 2 rings (SSSR count). The molecule has 2 N–H and O–H groups in total. The van der Waals surface area contributed by atoms with Gasteiger partial charge in [-0.25, -0.2) is 0 Å². The molecule has 1 aliphatic heterocycles. The van der Waals surface area contributed by atoms with E-state index in [4.69, 9.17) is 5.26 Å². The zero-order valence-corrected chi connectivity index (χ0v) is 13.8. The van der Waals surface area contributed by atoms with E-state index in [1.165, 1.54) is 0 Å². The first-order chi connectivity index (χ1) is 10.3. The Bertz CT molecular complexity index is 615. The third kappa shape index (κ3) is 3.85. The van der Waals surface area contributed by atoms with Crippen LogP contribution < -0.4 is 10.6 Å². The molecular formula is C18H24N4. The number of nitrogens with one attached hydrogen (secondary N) is 2. The Balaban J connectivity index is 2.11. The van der Waals surface area contributed by atoms with Crippen LogP contribution >= 0.6 is 0 Å². The lowest BCUT2D eigenvalue weighted by Crippen LogP contribution is -2.61. The van der Waals surface area contributed by atoms with E-state index >= 15 is 0 Å². The second-order valence-electron chi connectivity index (χ2n) is 7.44. The van der Waals surface area contributed by atoms with Crippen LogP contribution in [0.5, 0.6) is 0 Å². The van der Waals surface area contributed by atoms with Crippen molar-refractivity contribution < 1.29 is 0 Å². The molecule has 1 fully saturated rings. The summed E-state index contributed by atoms with van der Waals surface area (Å²) in [6.45, 7) is 9.51. The van der Waals surface area contributed by atoms with Crippen molar-refractivity contribution in [2.24, 2.45) is 0 Å². The zero-order valence-electron chi connectivity index (χ0n) is 13.8. The lowest BCUT2D eigenvalue weighted by molar-refractivity contribution is 0.145. The highest BCUT2D eigenvalue weighted by molar-refractivity contribution is 5.50. The van der Waals surface area contributed by atoms with E-state index in [1.54, 1.807) is 6.07 Å². The third-order valence-corrected chi connectivity index (χ3v) is 4.15. The van der Waals surface area contributed by atoms with Gasteiger partial charge in [-0.15, -0.1) is 0 Å². The van der Waals surface area contributed by atoms with E-state index in [1.807, 2.05) is 12.1 Å². The van der Waals surface area contributed by atoms with E-state index in [2.05, 4.69) is 50.5 Å². The summed E-state index contributed by atoms with van der Waals surface area (Å²) in [6, 6.07) is 10.1. The van der Waals surface area contributed by atoms with Gasteiger partial charge in [0, 0.05) is 23.7 Å². The molecule has 0 aliphatic carbocycles. The Morgan fingerprint density at radius 1 is 1.14 bits per heavy atom. The minimum absolute atomic E-state index is 0.0893. The first kappa shape index (κ1) is 16.5. The summed E-state index contributed by atoms with van der Waals surface area (Å²) < 4.78 is 0. The van der Waals surface area contributed by atoms with Crippen molar-refractivity contribution in [3.8, 4) is 12.1 Å². The molecule has 0 unspecified atom stereocenters. The van der Waals surface area contributed by atoms with Gasteiger partial charge >= 0.3 is 0 Å². The number of hydrogen-bond acceptors (Lipinski definition) is 4. The van der Waals surface area contributed by atoms with E-state index in [9.17, 15) is 5.26 Å². The summed E-state index contributed by atoms with van der Waals surface area (Å²) in [5.41, 5.74) is 2.02. The van der Waals surface area contributed by atoms with Crippen molar-refractivity contribution in [3.05, 3.63) is 34.9 Å². The number of piperidine rings is 1. The molecular weight excluding hydrogens is 272 g/mol. The maximum absolute atomic E-state index is 9.29. The van der Waals surface area contributed by atoms with Gasteiger partial charge in [0.05, 0.1) is 11.1 Å². The molecule has 0 atom stereocenters. The predicted molar refractivity (Wildman–Crippen MR) is 87.0 cm³/mol. The van der Waals surface area contributed by atoms with E-state index < -0.39 is 0 Å². The molecule has 1 aliphatic rings. The molecule has 0 bridgehead atoms. The minimum Gasteiger partial charge on any atom is -0.310 e. The van der Waals surface area contributed by atoms with E-state index in [0.717, 1.165) is 18.4 Å². The normalized spacial score (nSPS) is 20.1. The van der Waals surface area contributed by atoms with Crippen molar-refractivity contribution >= 4 is 0 Å². The van der Waals surface area contributed by atoms with Crippen LogP contribution in [0.2, 0.25) is 0 Å². The molecule has 1 aromatic rings. The highest BCUT2D eigenvalue weighted by atomic mass is 15.1. The van der Waals surface area contributed by atoms with E-state index in [-0.39, 0.29) is 11.1 Å². The van der Waals surface area contributed by atoms with Crippen molar-refractivity contribution in [1.29, 1.82) is 10.5 Å². The molecule has 116 valence electrons. The molecule has 0 amide bonds. The van der Waals surface area contributed by atoms with Gasteiger partial charge in [0.15, 0.2) is 0 Å². The molecule has 4 heteroatoms. The van der Waals surface area contributed by atoms with Crippen molar-refractivity contribution in [3.63, 3.8) is 0 Å². The fourth-order valence-electron chi connectivity index (χ4n) is 3.69. The van der Waals surface area contributed by atoms with Gasteiger partial charge < -0.3 is 10.6 Å². The average molecular weight is 296 g/mol. The van der Waals surface area contributed by atoms with Gasteiger partial charge in [-0.1, -0.05) is 12.1 Å². The fourth-order valence-corrected chi connectivity index (χ4v) is 3.69. The second kappa shape index (κ2) is 6.08. The van der Waals surface area contributed by atoms with Crippen LogP contribution in [-0.4, -0.2) is 17.1 Å². The van der Waals surface area contributed by atoms with Crippen LogP contribution in [0.15, 0.2) is 18.2 Å². The summed E-state index contributed by atoms with van der Waals surface area (Å²) in [5.74, 6) is 0. The van der Waals surface area contributed by atoms with Gasteiger partial charge in [-0.05, 0) is 52.2 Å². The second-order valence-corrected chi connectivity index (χ2v) is 7.44. The molecule has 1 saturated heterocycles. The average Bonchev–Trinajstić information content (AvgIpc) is 2.41. The van der Waals surface area contributed by atoms with Crippen molar-refractivity contribution in [2.75, 3.05) is 0 Å². The third-order valence-electron chi connectivity index (χ3n) is 4.15. The van der Waals surface area contributed by atoms with Gasteiger partial charge in [0.25, 0.3) is 0 Å². The molecule has 1 aromatic carbocycles. The highest BCUT2D eigenvalue weighted by Gasteiger charge is 2.37. The molecule has 22 heavy (non-hydrogen) atoms. The number of nitrogens with zero attached hydrogens (tertiary/aromatic N) is 2. The minimum atomic E-state index is 0.0893. The predicted octanol–water partition coefficient (Wildman–Crippen LogP) is 2.83. The SMILES string of the molecule is CC1(C)CC(NCc2cccc(C#N)c2C#N)CC(C)(C)N1. The van der Waals surface area contributed by atoms with Gasteiger partial charge in [-0.3, -0.25) is 0 Å². The van der Waals surface area contributed by atoms with E-state index in [0.29, 0.717) is 23.7 Å². The van der Waals surface area contributed by atoms with Crippen LogP contribution in [0, 0.1) is 22.7 Å². The van der Waals surface area contributed by atoms with Crippen molar-refractivity contribution in [2.45, 2.75) is 64.2 Å². The van der Waals surface area contributed by atoms with Crippen LogP contribution in [0.3, 0.4) is 0 Å². The molecule has 0 radical (unpaired) electrons. The maximum atomic E-state index is 9.29. The van der Waals surface area contributed by atoms with Crippen LogP contribution in [0.4, 0.5) is 0 Å². The lowest BCUT2D eigenvalue weighted by atomic mass is 9.79. The van der Waals surface area contributed by atoms with Crippen LogP contribution in [-0.2, 0) is 6.54 Å². The van der Waals surface area contributed by atoms with Crippen molar-refractivity contribution in [1.82, 2.24) is 10.6 Å². The lowest BCUT2D eigenvalue weighted by Gasteiger charge is -2.46. The first-order valence-electron chi connectivity index (χ1n) is 7.71. The number of rotatable bonds is 3. The molecule has 1 heterocycles. The number of hydrogen-bond donors (Lipinski definition) is 2. The molecule has 0 spiro atoms. The summed E-state index contributed by atoms with van der Waals surface area (Å²) >= 11 is 0.